The first-order valence-electron chi connectivity index (χ1n) is 14.1. The van der Waals surface area contributed by atoms with Gasteiger partial charge < -0.3 is 10.2 Å². The molecule has 2 rings (SSSR count). The standard InChI is InChI=1S/C28H54N6/c1-7-8-19-34(25-21-27(2,3)33(6)28(4,5)22-25)20-17-15-13-11-9-10-12-14-16-18-30-26-31-23-29-24-32-26/h23-25H,7-22H2,1-6H3,(H,29,30,31,32). The molecule has 0 radical (unpaired) electrons. The number of anilines is 1. The number of piperidine rings is 1. The largest absolute Gasteiger partial charge is 0.354 e. The molecule has 0 bridgehead atoms. The summed E-state index contributed by atoms with van der Waals surface area (Å²) in [7, 11) is 2.32. The summed E-state index contributed by atoms with van der Waals surface area (Å²) >= 11 is 0. The van der Waals surface area contributed by atoms with E-state index in [4.69, 9.17) is 0 Å². The van der Waals surface area contributed by atoms with Crippen molar-refractivity contribution in [2.75, 3.05) is 32.0 Å². The summed E-state index contributed by atoms with van der Waals surface area (Å²) in [6.07, 6.45) is 20.4. The molecule has 2 heterocycles. The maximum absolute atomic E-state index is 4.09. The van der Waals surface area contributed by atoms with Gasteiger partial charge in [0, 0.05) is 23.7 Å². The normalized spacial score (nSPS) is 18.4. The van der Waals surface area contributed by atoms with E-state index >= 15 is 0 Å². The lowest BCUT2D eigenvalue weighted by Crippen LogP contribution is -2.62. The van der Waals surface area contributed by atoms with E-state index in [9.17, 15) is 0 Å². The van der Waals surface area contributed by atoms with E-state index in [0.29, 0.717) is 5.95 Å². The summed E-state index contributed by atoms with van der Waals surface area (Å²) in [4.78, 5) is 17.5. The molecular weight excluding hydrogens is 420 g/mol. The minimum atomic E-state index is 0.278. The Hall–Kier alpha value is -1.27. The quantitative estimate of drug-likeness (QED) is 0.258. The van der Waals surface area contributed by atoms with Crippen molar-refractivity contribution in [3.8, 4) is 0 Å². The van der Waals surface area contributed by atoms with Crippen LogP contribution in [-0.2, 0) is 0 Å². The lowest BCUT2D eigenvalue weighted by molar-refractivity contribution is -0.0480. The van der Waals surface area contributed by atoms with Crippen molar-refractivity contribution < 1.29 is 0 Å². The first-order chi connectivity index (χ1) is 16.3. The van der Waals surface area contributed by atoms with E-state index in [0.717, 1.165) is 12.6 Å². The van der Waals surface area contributed by atoms with Gasteiger partial charge in [0.2, 0.25) is 5.95 Å². The van der Waals surface area contributed by atoms with Crippen LogP contribution in [0.25, 0.3) is 0 Å². The van der Waals surface area contributed by atoms with E-state index < -0.39 is 0 Å². The van der Waals surface area contributed by atoms with Crippen molar-refractivity contribution in [1.82, 2.24) is 24.8 Å². The van der Waals surface area contributed by atoms with Gasteiger partial charge in [0.25, 0.3) is 0 Å². The fourth-order valence-electron chi connectivity index (χ4n) is 5.62. The second-order valence-electron chi connectivity index (χ2n) is 11.7. The highest BCUT2D eigenvalue weighted by Crippen LogP contribution is 2.39. The molecule has 1 aromatic rings. The molecule has 0 aromatic carbocycles. The molecule has 0 atom stereocenters. The number of hydrogen-bond acceptors (Lipinski definition) is 6. The molecule has 0 amide bonds. The average molecular weight is 475 g/mol. The van der Waals surface area contributed by atoms with E-state index in [-0.39, 0.29) is 11.1 Å². The Morgan fingerprint density at radius 2 is 1.32 bits per heavy atom. The predicted octanol–water partition coefficient (Wildman–Crippen LogP) is 6.55. The van der Waals surface area contributed by atoms with Crippen LogP contribution in [0.15, 0.2) is 12.7 Å². The van der Waals surface area contributed by atoms with Gasteiger partial charge in [0.05, 0.1) is 0 Å². The van der Waals surface area contributed by atoms with E-state index in [1.54, 1.807) is 0 Å². The zero-order valence-electron chi connectivity index (χ0n) is 23.3. The van der Waals surface area contributed by atoms with Gasteiger partial charge in [-0.2, -0.15) is 0 Å². The highest BCUT2D eigenvalue weighted by atomic mass is 15.3. The molecule has 1 fully saturated rings. The van der Waals surface area contributed by atoms with Crippen LogP contribution < -0.4 is 5.32 Å². The number of nitrogens with one attached hydrogen (secondary N) is 1. The molecule has 196 valence electrons. The van der Waals surface area contributed by atoms with Gasteiger partial charge in [-0.25, -0.2) is 15.0 Å². The van der Waals surface area contributed by atoms with Crippen LogP contribution in [0.3, 0.4) is 0 Å². The number of rotatable bonds is 17. The van der Waals surface area contributed by atoms with E-state index in [1.165, 1.54) is 109 Å². The van der Waals surface area contributed by atoms with Crippen LogP contribution >= 0.6 is 0 Å². The lowest BCUT2D eigenvalue weighted by Gasteiger charge is -2.55. The van der Waals surface area contributed by atoms with Crippen molar-refractivity contribution in [3.05, 3.63) is 12.7 Å². The Kier molecular flexibility index (Phi) is 12.8. The first-order valence-corrected chi connectivity index (χ1v) is 14.1. The molecule has 1 aliphatic rings. The second kappa shape index (κ2) is 15.0. The Morgan fingerprint density at radius 1 is 0.824 bits per heavy atom. The van der Waals surface area contributed by atoms with Crippen molar-refractivity contribution in [1.29, 1.82) is 0 Å². The minimum Gasteiger partial charge on any atom is -0.354 e. The zero-order chi connectivity index (χ0) is 24.9. The molecule has 6 heteroatoms. The SMILES string of the molecule is CCCCN(CCCCCCCCCCCNc1ncncn1)C1CC(C)(C)N(C)C(C)(C)C1. The van der Waals surface area contributed by atoms with Gasteiger partial charge in [-0.05, 0) is 79.9 Å². The van der Waals surface area contributed by atoms with Crippen LogP contribution in [0, 0.1) is 0 Å². The number of unbranched alkanes of at least 4 members (excludes halogenated alkanes) is 9. The average Bonchev–Trinajstić information content (AvgIpc) is 2.80. The fourth-order valence-corrected chi connectivity index (χ4v) is 5.62. The Balaban J connectivity index is 1.55. The van der Waals surface area contributed by atoms with Gasteiger partial charge in [0.1, 0.15) is 12.7 Å². The summed E-state index contributed by atoms with van der Waals surface area (Å²) in [6.45, 7) is 15.6. The van der Waals surface area contributed by atoms with Crippen molar-refractivity contribution in [2.24, 2.45) is 0 Å². The molecule has 1 N–H and O–H groups in total. The zero-order valence-corrected chi connectivity index (χ0v) is 23.3. The molecule has 0 saturated carbocycles. The Labute approximate surface area is 210 Å². The van der Waals surface area contributed by atoms with Gasteiger partial charge >= 0.3 is 0 Å². The number of likely N-dealkylation sites (tertiary alicyclic amines) is 1. The van der Waals surface area contributed by atoms with Crippen LogP contribution in [0.4, 0.5) is 5.95 Å². The third kappa shape index (κ3) is 10.2. The smallest absolute Gasteiger partial charge is 0.225 e. The molecule has 1 saturated heterocycles. The lowest BCUT2D eigenvalue weighted by atomic mass is 9.77. The number of hydrogen-bond donors (Lipinski definition) is 1. The van der Waals surface area contributed by atoms with Crippen LogP contribution in [0.5, 0.6) is 0 Å². The molecule has 34 heavy (non-hydrogen) atoms. The van der Waals surface area contributed by atoms with Crippen LogP contribution in [0.1, 0.15) is 118 Å². The third-order valence-electron chi connectivity index (χ3n) is 8.00. The molecular formula is C28H54N6. The monoisotopic (exact) mass is 474 g/mol. The maximum atomic E-state index is 4.09. The fraction of sp³-hybridized carbons (Fsp3) is 0.893. The van der Waals surface area contributed by atoms with Gasteiger partial charge in [-0.3, -0.25) is 4.90 Å². The third-order valence-corrected chi connectivity index (χ3v) is 8.00. The van der Waals surface area contributed by atoms with E-state index in [1.807, 2.05) is 0 Å². The molecule has 0 spiro atoms. The highest BCUT2D eigenvalue weighted by Gasteiger charge is 2.44. The van der Waals surface area contributed by atoms with E-state index in [2.05, 4.69) is 71.7 Å². The number of aromatic nitrogens is 3. The van der Waals surface area contributed by atoms with Gasteiger partial charge in [-0.1, -0.05) is 58.3 Å². The number of nitrogens with zero attached hydrogens (tertiary/aromatic N) is 5. The molecule has 0 aliphatic carbocycles. The minimum absolute atomic E-state index is 0.278. The summed E-state index contributed by atoms with van der Waals surface area (Å²) in [5.74, 6) is 0.687. The van der Waals surface area contributed by atoms with Crippen molar-refractivity contribution >= 4 is 5.95 Å². The predicted molar refractivity (Wildman–Crippen MR) is 145 cm³/mol. The summed E-state index contributed by atoms with van der Waals surface area (Å²) in [5.41, 5.74) is 0.555. The van der Waals surface area contributed by atoms with Gasteiger partial charge in [0.15, 0.2) is 0 Å². The Morgan fingerprint density at radius 3 is 1.88 bits per heavy atom. The highest BCUT2D eigenvalue weighted by molar-refractivity contribution is 5.19. The molecule has 1 aliphatic heterocycles. The molecule has 1 aromatic heterocycles. The summed E-state index contributed by atoms with van der Waals surface area (Å²) in [6, 6.07) is 0.729. The van der Waals surface area contributed by atoms with Crippen LogP contribution in [0.2, 0.25) is 0 Å². The Bertz CT molecular complexity index is 630. The first kappa shape index (κ1) is 29.0. The van der Waals surface area contributed by atoms with Crippen molar-refractivity contribution in [2.45, 2.75) is 135 Å². The summed E-state index contributed by atoms with van der Waals surface area (Å²) in [5, 5.41) is 3.26. The maximum Gasteiger partial charge on any atom is 0.225 e. The van der Waals surface area contributed by atoms with Gasteiger partial charge in [-0.15, -0.1) is 0 Å². The molecule has 6 nitrogen and oxygen atoms in total. The second-order valence-corrected chi connectivity index (χ2v) is 11.7. The van der Waals surface area contributed by atoms with Crippen LogP contribution in [-0.4, -0.2) is 68.6 Å². The molecule has 0 unspecified atom stereocenters. The van der Waals surface area contributed by atoms with Crippen molar-refractivity contribution in [3.63, 3.8) is 0 Å². The topological polar surface area (TPSA) is 57.2 Å². The summed E-state index contributed by atoms with van der Waals surface area (Å²) < 4.78 is 0.